The molecule has 21 heavy (non-hydrogen) atoms. The van der Waals surface area contributed by atoms with Gasteiger partial charge in [-0.05, 0) is 55.9 Å². The van der Waals surface area contributed by atoms with E-state index in [9.17, 15) is 5.11 Å². The zero-order chi connectivity index (χ0) is 15.8. The van der Waals surface area contributed by atoms with E-state index in [-0.39, 0.29) is 0 Å². The lowest BCUT2D eigenvalue weighted by Gasteiger charge is -2.17. The van der Waals surface area contributed by atoms with Crippen LogP contribution < -0.4 is 5.32 Å². The van der Waals surface area contributed by atoms with Crippen molar-refractivity contribution in [1.29, 1.82) is 0 Å². The van der Waals surface area contributed by atoms with Crippen molar-refractivity contribution in [2.75, 3.05) is 25.1 Å². The van der Waals surface area contributed by atoms with E-state index >= 15 is 0 Å². The Kier molecular flexibility index (Phi) is 8.30. The summed E-state index contributed by atoms with van der Waals surface area (Å²) in [6, 6.07) is 4.15. The van der Waals surface area contributed by atoms with Gasteiger partial charge < -0.3 is 15.2 Å². The molecule has 3 nitrogen and oxygen atoms in total. The zero-order valence-electron chi connectivity index (χ0n) is 13.6. The molecule has 0 aromatic heterocycles. The van der Waals surface area contributed by atoms with Crippen molar-refractivity contribution in [1.82, 2.24) is 0 Å². The third kappa shape index (κ3) is 7.30. The van der Waals surface area contributed by atoms with Gasteiger partial charge in [0.2, 0.25) is 0 Å². The van der Waals surface area contributed by atoms with Crippen LogP contribution in [0.15, 0.2) is 16.6 Å². The van der Waals surface area contributed by atoms with Crippen LogP contribution in [0.4, 0.5) is 5.69 Å². The number of aliphatic hydroxyl groups is 1. The van der Waals surface area contributed by atoms with Gasteiger partial charge in [-0.2, -0.15) is 0 Å². The third-order valence-corrected chi connectivity index (χ3v) is 3.85. The SMILES string of the molecule is Cc1cc(Br)cc(C)c1NCC(O)COCCCC(C)C. The van der Waals surface area contributed by atoms with Crippen LogP contribution in [0.2, 0.25) is 0 Å². The monoisotopic (exact) mass is 357 g/mol. The number of halogens is 1. The van der Waals surface area contributed by atoms with Gasteiger partial charge in [0.05, 0.1) is 12.7 Å². The standard InChI is InChI=1S/C17H28BrNO2/c1-12(2)6-5-7-21-11-16(20)10-19-17-13(3)8-15(18)9-14(17)4/h8-9,12,16,19-20H,5-7,10-11H2,1-4H3. The normalized spacial score (nSPS) is 12.7. The van der Waals surface area contributed by atoms with Crippen molar-refractivity contribution in [3.8, 4) is 0 Å². The predicted molar refractivity (Wildman–Crippen MR) is 93.0 cm³/mol. The smallest absolute Gasteiger partial charge is 0.0945 e. The number of aryl methyl sites for hydroxylation is 2. The Morgan fingerprint density at radius 3 is 2.43 bits per heavy atom. The lowest BCUT2D eigenvalue weighted by molar-refractivity contribution is 0.0409. The Labute approximate surface area is 137 Å². The number of aliphatic hydroxyl groups excluding tert-OH is 1. The number of anilines is 1. The summed E-state index contributed by atoms with van der Waals surface area (Å²) in [5, 5.41) is 13.3. The van der Waals surface area contributed by atoms with Crippen molar-refractivity contribution in [3.63, 3.8) is 0 Å². The third-order valence-electron chi connectivity index (χ3n) is 3.39. The number of hydrogen-bond acceptors (Lipinski definition) is 3. The van der Waals surface area contributed by atoms with Crippen LogP contribution in [0.3, 0.4) is 0 Å². The minimum Gasteiger partial charge on any atom is -0.389 e. The number of nitrogens with one attached hydrogen (secondary N) is 1. The molecule has 120 valence electrons. The minimum absolute atomic E-state index is 0.389. The van der Waals surface area contributed by atoms with Gasteiger partial charge in [-0.15, -0.1) is 0 Å². The van der Waals surface area contributed by atoms with Crippen LogP contribution in [-0.2, 0) is 4.74 Å². The highest BCUT2D eigenvalue weighted by Gasteiger charge is 2.08. The summed E-state index contributed by atoms with van der Waals surface area (Å²) in [6.07, 6.45) is 1.75. The molecule has 2 N–H and O–H groups in total. The van der Waals surface area contributed by atoms with Gasteiger partial charge in [0.15, 0.2) is 0 Å². The number of rotatable bonds is 9. The molecule has 0 radical (unpaired) electrons. The molecule has 0 heterocycles. The van der Waals surface area contributed by atoms with Gasteiger partial charge in [0, 0.05) is 23.3 Å². The number of ether oxygens (including phenoxy) is 1. The summed E-state index contributed by atoms with van der Waals surface area (Å²) >= 11 is 3.49. The van der Waals surface area contributed by atoms with Gasteiger partial charge in [-0.3, -0.25) is 0 Å². The topological polar surface area (TPSA) is 41.5 Å². The zero-order valence-corrected chi connectivity index (χ0v) is 15.2. The van der Waals surface area contributed by atoms with Crippen molar-refractivity contribution in [2.24, 2.45) is 5.92 Å². The predicted octanol–water partition coefficient (Wildman–Crippen LogP) is 4.29. The van der Waals surface area contributed by atoms with Gasteiger partial charge in [0.25, 0.3) is 0 Å². The molecule has 0 aliphatic carbocycles. The van der Waals surface area contributed by atoms with Crippen LogP contribution in [0.5, 0.6) is 0 Å². The van der Waals surface area contributed by atoms with E-state index in [0.717, 1.165) is 23.2 Å². The maximum atomic E-state index is 9.96. The summed E-state index contributed by atoms with van der Waals surface area (Å²) in [5.41, 5.74) is 3.44. The first-order chi connectivity index (χ1) is 9.90. The molecule has 0 bridgehead atoms. The molecule has 0 aliphatic heterocycles. The highest BCUT2D eigenvalue weighted by Crippen LogP contribution is 2.24. The van der Waals surface area contributed by atoms with Gasteiger partial charge in [0.1, 0.15) is 0 Å². The first kappa shape index (κ1) is 18.5. The second-order valence-corrected chi connectivity index (χ2v) is 6.98. The molecule has 0 fully saturated rings. The van der Waals surface area contributed by atoms with E-state index in [1.165, 1.54) is 17.5 Å². The van der Waals surface area contributed by atoms with Crippen LogP contribution in [-0.4, -0.2) is 31.0 Å². The molecular formula is C17H28BrNO2. The average molecular weight is 358 g/mol. The van der Waals surface area contributed by atoms with Gasteiger partial charge in [-0.1, -0.05) is 29.8 Å². The van der Waals surface area contributed by atoms with Crippen molar-refractivity contribution >= 4 is 21.6 Å². The minimum atomic E-state index is -0.480. The van der Waals surface area contributed by atoms with E-state index in [0.29, 0.717) is 19.1 Å². The fourth-order valence-corrected chi connectivity index (χ4v) is 2.97. The molecule has 0 aliphatic rings. The molecule has 1 unspecified atom stereocenters. The van der Waals surface area contributed by atoms with Crippen LogP contribution in [0.1, 0.15) is 37.8 Å². The summed E-state index contributed by atoms with van der Waals surface area (Å²) in [7, 11) is 0. The Hall–Kier alpha value is -0.580. The molecule has 1 aromatic rings. The quantitative estimate of drug-likeness (QED) is 0.647. The largest absolute Gasteiger partial charge is 0.389 e. The molecule has 1 rings (SSSR count). The highest BCUT2D eigenvalue weighted by atomic mass is 79.9. The molecule has 0 spiro atoms. The Balaban J connectivity index is 2.29. The fourth-order valence-electron chi connectivity index (χ4n) is 2.28. The molecule has 4 heteroatoms. The highest BCUT2D eigenvalue weighted by molar-refractivity contribution is 9.10. The summed E-state index contributed by atoms with van der Waals surface area (Å²) in [4.78, 5) is 0. The summed E-state index contributed by atoms with van der Waals surface area (Å²) in [6.45, 7) is 10.2. The van der Waals surface area contributed by atoms with Crippen molar-refractivity contribution in [3.05, 3.63) is 27.7 Å². The lowest BCUT2D eigenvalue weighted by Crippen LogP contribution is -2.25. The molecule has 1 atom stereocenters. The molecule has 0 saturated heterocycles. The molecule has 0 saturated carbocycles. The number of hydrogen-bond donors (Lipinski definition) is 2. The lowest BCUT2D eigenvalue weighted by atomic mass is 10.1. The van der Waals surface area contributed by atoms with Gasteiger partial charge in [-0.25, -0.2) is 0 Å². The maximum Gasteiger partial charge on any atom is 0.0945 e. The molecule has 0 amide bonds. The van der Waals surface area contributed by atoms with Crippen LogP contribution >= 0.6 is 15.9 Å². The second kappa shape index (κ2) is 9.44. The van der Waals surface area contributed by atoms with E-state index in [2.05, 4.69) is 61.1 Å². The van der Waals surface area contributed by atoms with Crippen molar-refractivity contribution < 1.29 is 9.84 Å². The van der Waals surface area contributed by atoms with E-state index in [1.807, 2.05) is 0 Å². The summed E-state index contributed by atoms with van der Waals surface area (Å²) in [5.74, 6) is 0.712. The molecule has 1 aromatic carbocycles. The Bertz CT molecular complexity index is 412. The fraction of sp³-hybridized carbons (Fsp3) is 0.647. The van der Waals surface area contributed by atoms with Crippen LogP contribution in [0, 0.1) is 19.8 Å². The molecular weight excluding hydrogens is 330 g/mol. The maximum absolute atomic E-state index is 9.96. The summed E-state index contributed by atoms with van der Waals surface area (Å²) < 4.78 is 6.60. The van der Waals surface area contributed by atoms with E-state index < -0.39 is 6.10 Å². The average Bonchev–Trinajstić information content (AvgIpc) is 2.36. The number of benzene rings is 1. The van der Waals surface area contributed by atoms with E-state index in [1.54, 1.807) is 0 Å². The first-order valence-corrected chi connectivity index (χ1v) is 8.46. The first-order valence-electron chi connectivity index (χ1n) is 7.66. The second-order valence-electron chi connectivity index (χ2n) is 6.06. The van der Waals surface area contributed by atoms with Gasteiger partial charge >= 0.3 is 0 Å². The van der Waals surface area contributed by atoms with E-state index in [4.69, 9.17) is 4.74 Å². The Morgan fingerprint density at radius 2 is 1.86 bits per heavy atom. The Morgan fingerprint density at radius 1 is 1.24 bits per heavy atom. The van der Waals surface area contributed by atoms with Crippen LogP contribution in [0.25, 0.3) is 0 Å². The van der Waals surface area contributed by atoms with Crippen molar-refractivity contribution in [2.45, 2.75) is 46.6 Å².